The number of nitro groups is 1. The van der Waals surface area contributed by atoms with Crippen LogP contribution in [0.1, 0.15) is 10.5 Å². The second kappa shape index (κ2) is 8.81. The number of hydrogen-bond acceptors (Lipinski definition) is 5. The molecule has 1 aliphatic heterocycles. The van der Waals surface area contributed by atoms with E-state index in [0.717, 1.165) is 38.8 Å². The zero-order chi connectivity index (χ0) is 24.6. The second-order valence-electron chi connectivity index (χ2n) is 8.87. The van der Waals surface area contributed by atoms with Crippen LogP contribution in [0, 0.1) is 10.1 Å². The van der Waals surface area contributed by atoms with Crippen molar-refractivity contribution in [2.24, 2.45) is 0 Å². The molecule has 3 heterocycles. The monoisotopic (exact) mass is 477 g/mol. The van der Waals surface area contributed by atoms with Crippen molar-refractivity contribution in [1.82, 2.24) is 14.9 Å². The van der Waals surface area contributed by atoms with Gasteiger partial charge in [-0.05, 0) is 24.3 Å². The third kappa shape index (κ3) is 3.82. The number of para-hydroxylation sites is 1. The Hall–Kier alpha value is -4.72. The number of nitro benzene ring substituents is 1. The molecule has 1 N–H and O–H groups in total. The Morgan fingerprint density at radius 2 is 1.56 bits per heavy atom. The van der Waals surface area contributed by atoms with Gasteiger partial charge in [0.2, 0.25) is 0 Å². The molecule has 3 aromatic carbocycles. The number of amides is 1. The number of non-ortho nitro benzene ring substituents is 1. The molecule has 2 aromatic heterocycles. The summed E-state index contributed by atoms with van der Waals surface area (Å²) in [4.78, 5) is 36.4. The fourth-order valence-electron chi connectivity index (χ4n) is 4.88. The van der Waals surface area contributed by atoms with Crippen LogP contribution in [0.5, 0.6) is 0 Å². The van der Waals surface area contributed by atoms with Gasteiger partial charge in [-0.3, -0.25) is 14.9 Å². The van der Waals surface area contributed by atoms with Crippen LogP contribution in [0.3, 0.4) is 0 Å². The van der Waals surface area contributed by atoms with Gasteiger partial charge in [0.25, 0.3) is 11.6 Å². The normalized spacial score (nSPS) is 13.9. The highest BCUT2D eigenvalue weighted by atomic mass is 16.6. The first-order valence-electron chi connectivity index (χ1n) is 11.8. The maximum absolute atomic E-state index is 13.6. The summed E-state index contributed by atoms with van der Waals surface area (Å²) in [7, 11) is 0. The van der Waals surface area contributed by atoms with Crippen molar-refractivity contribution in [2.75, 3.05) is 31.1 Å². The first-order chi connectivity index (χ1) is 17.6. The highest BCUT2D eigenvalue weighted by Gasteiger charge is 2.25. The zero-order valence-electron chi connectivity index (χ0n) is 19.4. The summed E-state index contributed by atoms with van der Waals surface area (Å²) in [6.07, 6.45) is 0. The third-order valence-corrected chi connectivity index (χ3v) is 6.76. The molecule has 8 heteroatoms. The van der Waals surface area contributed by atoms with Gasteiger partial charge in [-0.1, -0.05) is 48.5 Å². The van der Waals surface area contributed by atoms with Crippen LogP contribution in [-0.4, -0.2) is 51.9 Å². The van der Waals surface area contributed by atoms with Crippen molar-refractivity contribution >= 4 is 39.1 Å². The number of nitrogens with zero attached hydrogens (tertiary/aromatic N) is 4. The van der Waals surface area contributed by atoms with E-state index in [1.54, 1.807) is 12.1 Å². The lowest BCUT2D eigenvalue weighted by atomic mass is 10.1. The highest BCUT2D eigenvalue weighted by Crippen LogP contribution is 2.33. The van der Waals surface area contributed by atoms with Crippen molar-refractivity contribution in [3.05, 3.63) is 101 Å². The van der Waals surface area contributed by atoms with Crippen molar-refractivity contribution in [1.29, 1.82) is 0 Å². The lowest BCUT2D eigenvalue weighted by Crippen LogP contribution is -2.49. The molecule has 1 fully saturated rings. The number of fused-ring (bicyclic) bond motifs is 3. The lowest BCUT2D eigenvalue weighted by Gasteiger charge is -2.36. The van der Waals surface area contributed by atoms with Crippen molar-refractivity contribution in [3.63, 3.8) is 0 Å². The standard InChI is InChI=1S/C28H23N5O3/c34-28(32-16-14-31(15-17-32)20-10-12-21(13-11-20)33(35)36)25-18-23-22-8-4-5-9-24(22)29-27(23)26(30-25)19-6-2-1-3-7-19/h1-13,18,29H,14-17H2. The largest absolute Gasteiger partial charge is 0.368 e. The molecule has 1 amide bonds. The summed E-state index contributed by atoms with van der Waals surface area (Å²) < 4.78 is 0. The Kier molecular flexibility index (Phi) is 5.33. The van der Waals surface area contributed by atoms with Gasteiger partial charge in [0.15, 0.2) is 0 Å². The van der Waals surface area contributed by atoms with Crippen LogP contribution in [0.4, 0.5) is 11.4 Å². The summed E-state index contributed by atoms with van der Waals surface area (Å²) in [5.41, 5.74) is 5.05. The number of pyridine rings is 1. The number of carbonyl (C=O) groups is 1. The van der Waals surface area contributed by atoms with Crippen LogP contribution >= 0.6 is 0 Å². The molecule has 36 heavy (non-hydrogen) atoms. The molecule has 178 valence electrons. The van der Waals surface area contributed by atoms with E-state index in [0.29, 0.717) is 31.9 Å². The van der Waals surface area contributed by atoms with Gasteiger partial charge in [0, 0.05) is 65.9 Å². The van der Waals surface area contributed by atoms with Crippen LogP contribution in [0.2, 0.25) is 0 Å². The smallest absolute Gasteiger partial charge is 0.272 e. The number of carbonyl (C=O) groups excluding carboxylic acids is 1. The number of aromatic nitrogens is 2. The average Bonchev–Trinajstić information content (AvgIpc) is 3.31. The van der Waals surface area contributed by atoms with Gasteiger partial charge in [-0.15, -0.1) is 0 Å². The topological polar surface area (TPSA) is 95.4 Å². The predicted octanol–water partition coefficient (Wildman–Crippen LogP) is 5.25. The number of H-pyrrole nitrogens is 1. The Morgan fingerprint density at radius 1 is 0.861 bits per heavy atom. The molecule has 0 unspecified atom stereocenters. The number of nitrogens with one attached hydrogen (secondary N) is 1. The predicted molar refractivity (Wildman–Crippen MR) is 140 cm³/mol. The molecular weight excluding hydrogens is 454 g/mol. The highest BCUT2D eigenvalue weighted by molar-refractivity contribution is 6.13. The molecule has 8 nitrogen and oxygen atoms in total. The number of hydrogen-bond donors (Lipinski definition) is 1. The van der Waals surface area contributed by atoms with Gasteiger partial charge in [-0.25, -0.2) is 4.98 Å². The Labute approximate surface area is 206 Å². The zero-order valence-corrected chi connectivity index (χ0v) is 19.4. The van der Waals surface area contributed by atoms with Gasteiger partial charge in [0.05, 0.1) is 16.1 Å². The fraction of sp³-hybridized carbons (Fsp3) is 0.143. The summed E-state index contributed by atoms with van der Waals surface area (Å²) in [5.74, 6) is -0.0947. The van der Waals surface area contributed by atoms with Crippen LogP contribution in [0.15, 0.2) is 84.9 Å². The maximum atomic E-state index is 13.6. The molecule has 5 aromatic rings. The van der Waals surface area contributed by atoms with Gasteiger partial charge < -0.3 is 14.8 Å². The molecule has 0 atom stereocenters. The van der Waals surface area contributed by atoms with E-state index >= 15 is 0 Å². The summed E-state index contributed by atoms with van der Waals surface area (Å²) in [6, 6.07) is 26.4. The SMILES string of the molecule is O=C(c1cc2c([nH]c3ccccc32)c(-c2ccccc2)n1)N1CCN(c2ccc([N+](=O)[O-])cc2)CC1. The summed E-state index contributed by atoms with van der Waals surface area (Å²) >= 11 is 0. The van der Waals surface area contributed by atoms with Crippen molar-refractivity contribution < 1.29 is 9.72 Å². The Morgan fingerprint density at radius 3 is 2.28 bits per heavy atom. The quantitative estimate of drug-likeness (QED) is 0.282. The molecule has 0 radical (unpaired) electrons. The van der Waals surface area contributed by atoms with E-state index in [9.17, 15) is 14.9 Å². The number of anilines is 1. The molecular formula is C28H23N5O3. The van der Waals surface area contributed by atoms with Gasteiger partial charge in [-0.2, -0.15) is 0 Å². The summed E-state index contributed by atoms with van der Waals surface area (Å²) in [5, 5.41) is 13.0. The average molecular weight is 478 g/mol. The van der Waals surface area contributed by atoms with E-state index in [1.165, 1.54) is 12.1 Å². The Bertz CT molecular complexity index is 1590. The molecule has 6 rings (SSSR count). The van der Waals surface area contributed by atoms with E-state index in [-0.39, 0.29) is 11.6 Å². The number of rotatable bonds is 4. The van der Waals surface area contributed by atoms with Crippen molar-refractivity contribution in [3.8, 4) is 11.3 Å². The molecule has 1 aliphatic rings. The third-order valence-electron chi connectivity index (χ3n) is 6.76. The van der Waals surface area contributed by atoms with Crippen molar-refractivity contribution in [2.45, 2.75) is 0 Å². The van der Waals surface area contributed by atoms with E-state index in [2.05, 4.69) is 16.0 Å². The molecule has 0 spiro atoms. The first kappa shape index (κ1) is 21.8. The first-order valence-corrected chi connectivity index (χ1v) is 11.8. The second-order valence-corrected chi connectivity index (χ2v) is 8.87. The van der Waals surface area contributed by atoms with Crippen LogP contribution < -0.4 is 4.90 Å². The van der Waals surface area contributed by atoms with Gasteiger partial charge >= 0.3 is 0 Å². The Balaban J connectivity index is 1.30. The number of benzene rings is 3. The van der Waals surface area contributed by atoms with E-state index < -0.39 is 4.92 Å². The van der Waals surface area contributed by atoms with Crippen LogP contribution in [-0.2, 0) is 0 Å². The minimum atomic E-state index is -0.401. The fourth-order valence-corrected chi connectivity index (χ4v) is 4.88. The maximum Gasteiger partial charge on any atom is 0.272 e. The number of piperazine rings is 1. The molecule has 0 saturated carbocycles. The molecule has 0 aliphatic carbocycles. The minimum absolute atomic E-state index is 0.0699. The molecule has 0 bridgehead atoms. The van der Waals surface area contributed by atoms with Gasteiger partial charge in [0.1, 0.15) is 5.69 Å². The summed E-state index contributed by atoms with van der Waals surface area (Å²) in [6.45, 7) is 2.38. The molecule has 1 saturated heterocycles. The minimum Gasteiger partial charge on any atom is -0.368 e. The van der Waals surface area contributed by atoms with E-state index in [4.69, 9.17) is 4.98 Å². The van der Waals surface area contributed by atoms with Crippen LogP contribution in [0.25, 0.3) is 33.1 Å². The lowest BCUT2D eigenvalue weighted by molar-refractivity contribution is -0.384. The number of aromatic amines is 1. The van der Waals surface area contributed by atoms with E-state index in [1.807, 2.05) is 59.5 Å².